The summed E-state index contributed by atoms with van der Waals surface area (Å²) >= 11 is 1.57. The Morgan fingerprint density at radius 2 is 1.91 bits per heavy atom. The van der Waals surface area contributed by atoms with Gasteiger partial charge in [0.2, 0.25) is 4.80 Å². The van der Waals surface area contributed by atoms with E-state index >= 15 is 0 Å². The van der Waals surface area contributed by atoms with Gasteiger partial charge in [-0.05, 0) is 50.1 Å². The summed E-state index contributed by atoms with van der Waals surface area (Å²) in [6, 6.07) is 10.3. The first kappa shape index (κ1) is 15.5. The van der Waals surface area contributed by atoms with E-state index in [4.69, 9.17) is 4.42 Å². The summed E-state index contributed by atoms with van der Waals surface area (Å²) in [6.45, 7) is 6.16. The zero-order valence-corrected chi connectivity index (χ0v) is 14.5. The van der Waals surface area contributed by atoms with Crippen LogP contribution in [0.15, 0.2) is 50.2 Å². The summed E-state index contributed by atoms with van der Waals surface area (Å²) in [5.41, 5.74) is 4.71. The van der Waals surface area contributed by atoms with Gasteiger partial charge in [0.1, 0.15) is 11.5 Å². The van der Waals surface area contributed by atoms with Gasteiger partial charge in [-0.1, -0.05) is 12.1 Å². The minimum Gasteiger partial charge on any atom is -0.460 e. The van der Waals surface area contributed by atoms with Crippen LogP contribution in [-0.4, -0.2) is 17.9 Å². The number of furan rings is 1. The molecule has 0 saturated heterocycles. The molecule has 0 radical (unpaired) electrons. The van der Waals surface area contributed by atoms with E-state index in [2.05, 4.69) is 47.5 Å². The van der Waals surface area contributed by atoms with Crippen LogP contribution < -0.4 is 4.80 Å². The molecule has 0 spiro atoms. The topological polar surface area (TPSA) is 42.8 Å². The standard InChI is InChI=1S/C18H19N3OS/c1-12-5-7-15(9-13(12)2)17-11-23-18(19-4)21(17)20-10-16-8-6-14(3)22-16/h5-11H,1-4H3. The van der Waals surface area contributed by atoms with E-state index in [1.165, 1.54) is 11.1 Å². The molecule has 1 aromatic carbocycles. The summed E-state index contributed by atoms with van der Waals surface area (Å²) in [4.78, 5) is 5.16. The molecule has 23 heavy (non-hydrogen) atoms. The van der Waals surface area contributed by atoms with Gasteiger partial charge in [-0.3, -0.25) is 4.99 Å². The molecule has 0 saturated carbocycles. The van der Waals surface area contributed by atoms with Crippen LogP contribution in [0.3, 0.4) is 0 Å². The van der Waals surface area contributed by atoms with E-state index < -0.39 is 0 Å². The summed E-state index contributed by atoms with van der Waals surface area (Å²) in [5.74, 6) is 1.60. The Kier molecular flexibility index (Phi) is 4.30. The molecule has 3 rings (SSSR count). The van der Waals surface area contributed by atoms with E-state index in [0.29, 0.717) is 0 Å². The van der Waals surface area contributed by atoms with Gasteiger partial charge in [0.15, 0.2) is 0 Å². The summed E-state index contributed by atoms with van der Waals surface area (Å²) < 4.78 is 7.40. The Labute approximate surface area is 139 Å². The average Bonchev–Trinajstić information content (AvgIpc) is 3.13. The molecule has 0 aliphatic carbocycles. The second-order valence-corrected chi connectivity index (χ2v) is 6.27. The first-order valence-electron chi connectivity index (χ1n) is 7.40. The predicted molar refractivity (Wildman–Crippen MR) is 95.1 cm³/mol. The summed E-state index contributed by atoms with van der Waals surface area (Å²) in [5, 5.41) is 6.64. The average molecular weight is 325 g/mol. The van der Waals surface area contributed by atoms with Gasteiger partial charge in [-0.15, -0.1) is 11.3 Å². The fourth-order valence-electron chi connectivity index (χ4n) is 2.30. The molecule has 0 atom stereocenters. The SMILES string of the molecule is CN=c1scc(-c2ccc(C)c(C)c2)n1N=Cc1ccc(C)o1. The number of thiazole rings is 1. The Hall–Kier alpha value is -2.40. The maximum Gasteiger partial charge on any atom is 0.205 e. The second-order valence-electron chi connectivity index (χ2n) is 5.43. The maximum atomic E-state index is 5.55. The molecule has 2 heterocycles. The van der Waals surface area contributed by atoms with E-state index in [9.17, 15) is 0 Å². The molecular weight excluding hydrogens is 306 g/mol. The van der Waals surface area contributed by atoms with Crippen molar-refractivity contribution < 1.29 is 4.42 Å². The third kappa shape index (κ3) is 3.19. The van der Waals surface area contributed by atoms with E-state index in [-0.39, 0.29) is 0 Å². The van der Waals surface area contributed by atoms with Crippen LogP contribution in [0.5, 0.6) is 0 Å². The van der Waals surface area contributed by atoms with Crippen LogP contribution in [0.4, 0.5) is 0 Å². The first-order chi connectivity index (χ1) is 11.1. The van der Waals surface area contributed by atoms with Crippen molar-refractivity contribution in [2.45, 2.75) is 20.8 Å². The molecule has 0 fully saturated rings. The van der Waals surface area contributed by atoms with Crippen molar-refractivity contribution in [1.29, 1.82) is 0 Å². The van der Waals surface area contributed by atoms with Crippen LogP contribution in [0.1, 0.15) is 22.6 Å². The molecule has 0 N–H and O–H groups in total. The lowest BCUT2D eigenvalue weighted by Gasteiger charge is -2.06. The molecule has 0 amide bonds. The van der Waals surface area contributed by atoms with Crippen molar-refractivity contribution in [2.24, 2.45) is 10.1 Å². The highest BCUT2D eigenvalue weighted by Gasteiger charge is 2.08. The van der Waals surface area contributed by atoms with Gasteiger partial charge in [0.05, 0.1) is 11.9 Å². The molecule has 3 aromatic rings. The third-order valence-corrected chi connectivity index (χ3v) is 4.65. The lowest BCUT2D eigenvalue weighted by Crippen LogP contribution is -2.11. The minimum atomic E-state index is 0.731. The minimum absolute atomic E-state index is 0.731. The zero-order valence-electron chi connectivity index (χ0n) is 13.7. The highest BCUT2D eigenvalue weighted by molar-refractivity contribution is 7.07. The number of aromatic nitrogens is 1. The number of hydrogen-bond acceptors (Lipinski definition) is 4. The van der Waals surface area contributed by atoms with Crippen molar-refractivity contribution in [3.05, 3.63) is 63.2 Å². The lowest BCUT2D eigenvalue weighted by atomic mass is 10.1. The third-order valence-electron chi connectivity index (χ3n) is 3.74. The van der Waals surface area contributed by atoms with Gasteiger partial charge in [-0.2, -0.15) is 5.10 Å². The van der Waals surface area contributed by atoms with Crippen LogP contribution in [0.2, 0.25) is 0 Å². The Morgan fingerprint density at radius 1 is 1.09 bits per heavy atom. The number of hydrogen-bond donors (Lipinski definition) is 0. The molecule has 0 aliphatic rings. The van der Waals surface area contributed by atoms with Crippen LogP contribution in [-0.2, 0) is 0 Å². The largest absolute Gasteiger partial charge is 0.460 e. The number of rotatable bonds is 3. The highest BCUT2D eigenvalue weighted by atomic mass is 32.1. The van der Waals surface area contributed by atoms with Crippen molar-refractivity contribution in [2.75, 3.05) is 7.05 Å². The highest BCUT2D eigenvalue weighted by Crippen LogP contribution is 2.23. The molecule has 0 aliphatic heterocycles. The van der Waals surface area contributed by atoms with E-state index in [0.717, 1.165) is 27.6 Å². The van der Waals surface area contributed by atoms with Crippen LogP contribution in [0, 0.1) is 20.8 Å². The fourth-order valence-corrected chi connectivity index (χ4v) is 3.10. The summed E-state index contributed by atoms with van der Waals surface area (Å²) in [6.07, 6.45) is 1.72. The Balaban J connectivity index is 2.07. The molecule has 4 nitrogen and oxygen atoms in total. The number of benzene rings is 1. The van der Waals surface area contributed by atoms with Crippen molar-refractivity contribution >= 4 is 17.6 Å². The van der Waals surface area contributed by atoms with Gasteiger partial charge in [-0.25, -0.2) is 4.68 Å². The van der Waals surface area contributed by atoms with Gasteiger partial charge in [0, 0.05) is 18.0 Å². The number of aryl methyl sites for hydroxylation is 3. The Morgan fingerprint density at radius 3 is 2.57 bits per heavy atom. The van der Waals surface area contributed by atoms with Gasteiger partial charge in [0.25, 0.3) is 0 Å². The lowest BCUT2D eigenvalue weighted by molar-refractivity contribution is 0.527. The van der Waals surface area contributed by atoms with Gasteiger partial charge < -0.3 is 4.42 Å². The van der Waals surface area contributed by atoms with Crippen LogP contribution >= 0.6 is 11.3 Å². The quantitative estimate of drug-likeness (QED) is 0.667. The molecule has 0 unspecified atom stereocenters. The monoisotopic (exact) mass is 325 g/mol. The molecule has 5 heteroatoms. The van der Waals surface area contributed by atoms with Crippen molar-refractivity contribution in [1.82, 2.24) is 4.68 Å². The Bertz CT molecular complexity index is 928. The normalized spacial score (nSPS) is 12.4. The van der Waals surface area contributed by atoms with Crippen molar-refractivity contribution in [3.63, 3.8) is 0 Å². The molecule has 118 valence electrons. The molecule has 0 bridgehead atoms. The molecule has 2 aromatic heterocycles. The maximum absolute atomic E-state index is 5.55. The smallest absolute Gasteiger partial charge is 0.205 e. The summed E-state index contributed by atoms with van der Waals surface area (Å²) in [7, 11) is 1.78. The zero-order chi connectivity index (χ0) is 16.4. The first-order valence-corrected chi connectivity index (χ1v) is 8.28. The predicted octanol–water partition coefficient (Wildman–Crippen LogP) is 4.15. The second kappa shape index (κ2) is 6.38. The van der Waals surface area contributed by atoms with E-state index in [1.807, 2.05) is 23.7 Å². The van der Waals surface area contributed by atoms with Crippen LogP contribution in [0.25, 0.3) is 11.3 Å². The number of nitrogens with zero attached hydrogens (tertiary/aromatic N) is 3. The van der Waals surface area contributed by atoms with Gasteiger partial charge >= 0.3 is 0 Å². The van der Waals surface area contributed by atoms with Crippen molar-refractivity contribution in [3.8, 4) is 11.3 Å². The fraction of sp³-hybridized carbons (Fsp3) is 0.222. The molecular formula is C18H19N3OS. The van der Waals surface area contributed by atoms with E-state index in [1.54, 1.807) is 24.6 Å².